The Kier molecular flexibility index (Phi) is 5.01. The highest BCUT2D eigenvalue weighted by molar-refractivity contribution is 5.93. The zero-order valence-electron chi connectivity index (χ0n) is 16.5. The molecule has 0 unspecified atom stereocenters. The first-order valence-electron chi connectivity index (χ1n) is 10.2. The SMILES string of the molecule is O=C(c1cc(-c2ccccc2)on1)N1CCC[C@@H](Nc2ccc3c(c2)OCCO3)C1. The second kappa shape index (κ2) is 8.10. The molecule has 0 bridgehead atoms. The van der Waals surface area contributed by atoms with Crippen LogP contribution < -0.4 is 14.8 Å². The summed E-state index contributed by atoms with van der Waals surface area (Å²) in [5, 5.41) is 7.53. The molecule has 7 nitrogen and oxygen atoms in total. The minimum absolute atomic E-state index is 0.102. The lowest BCUT2D eigenvalue weighted by Crippen LogP contribution is -2.45. The topological polar surface area (TPSA) is 76.8 Å². The first-order valence-corrected chi connectivity index (χ1v) is 10.2. The van der Waals surface area contributed by atoms with E-state index < -0.39 is 0 Å². The number of nitrogens with zero attached hydrogens (tertiary/aromatic N) is 2. The van der Waals surface area contributed by atoms with E-state index in [1.807, 2.05) is 53.4 Å². The van der Waals surface area contributed by atoms with E-state index in [1.165, 1.54) is 0 Å². The van der Waals surface area contributed by atoms with Crippen LogP contribution in [0.2, 0.25) is 0 Å². The average Bonchev–Trinajstić information content (AvgIpc) is 3.30. The number of piperidine rings is 1. The normalized spacial score (nSPS) is 18.1. The first-order chi connectivity index (χ1) is 14.8. The standard InChI is InChI=1S/C23H23N3O4/c27-23(19-14-21(30-25-19)16-5-2-1-3-6-16)26-10-4-7-18(15-26)24-17-8-9-20-22(13-17)29-12-11-28-20/h1-3,5-6,8-9,13-14,18,24H,4,7,10-12,15H2/t18-/m1/s1. The van der Waals surface area contributed by atoms with Crippen molar-refractivity contribution in [1.82, 2.24) is 10.1 Å². The summed E-state index contributed by atoms with van der Waals surface area (Å²) in [5.74, 6) is 2.02. The van der Waals surface area contributed by atoms with Crippen molar-refractivity contribution in [2.24, 2.45) is 0 Å². The van der Waals surface area contributed by atoms with Gasteiger partial charge in [0.15, 0.2) is 23.0 Å². The van der Waals surface area contributed by atoms with Crippen LogP contribution in [-0.4, -0.2) is 48.3 Å². The smallest absolute Gasteiger partial charge is 0.276 e. The van der Waals surface area contributed by atoms with Gasteiger partial charge in [-0.3, -0.25) is 4.79 Å². The Labute approximate surface area is 174 Å². The summed E-state index contributed by atoms with van der Waals surface area (Å²) in [7, 11) is 0. The number of likely N-dealkylation sites (tertiary alicyclic amines) is 1. The predicted octanol–water partition coefficient (Wildman–Crippen LogP) is 3.83. The number of fused-ring (bicyclic) bond motifs is 1. The van der Waals surface area contributed by atoms with Gasteiger partial charge in [0.05, 0.1) is 0 Å². The van der Waals surface area contributed by atoms with E-state index in [0.717, 1.165) is 35.6 Å². The number of benzene rings is 2. The highest BCUT2D eigenvalue weighted by atomic mass is 16.6. The van der Waals surface area contributed by atoms with E-state index in [1.54, 1.807) is 6.07 Å². The predicted molar refractivity (Wildman–Crippen MR) is 112 cm³/mol. The van der Waals surface area contributed by atoms with E-state index in [9.17, 15) is 4.79 Å². The minimum Gasteiger partial charge on any atom is -0.486 e. The molecule has 0 aliphatic carbocycles. The molecular weight excluding hydrogens is 382 g/mol. The maximum Gasteiger partial charge on any atom is 0.276 e. The summed E-state index contributed by atoms with van der Waals surface area (Å²) >= 11 is 0. The molecule has 1 fully saturated rings. The Morgan fingerprint density at radius 3 is 2.73 bits per heavy atom. The molecule has 7 heteroatoms. The van der Waals surface area contributed by atoms with Crippen LogP contribution in [0.15, 0.2) is 59.1 Å². The van der Waals surface area contributed by atoms with Crippen LogP contribution >= 0.6 is 0 Å². The first kappa shape index (κ1) is 18.5. The largest absolute Gasteiger partial charge is 0.486 e. The number of ether oxygens (including phenoxy) is 2. The zero-order valence-corrected chi connectivity index (χ0v) is 16.5. The van der Waals surface area contributed by atoms with E-state index in [4.69, 9.17) is 14.0 Å². The lowest BCUT2D eigenvalue weighted by Gasteiger charge is -2.33. The fourth-order valence-corrected chi connectivity index (χ4v) is 3.92. The van der Waals surface area contributed by atoms with Gasteiger partial charge >= 0.3 is 0 Å². The van der Waals surface area contributed by atoms with Crippen molar-refractivity contribution in [3.05, 3.63) is 60.3 Å². The second-order valence-electron chi connectivity index (χ2n) is 7.54. The van der Waals surface area contributed by atoms with Crippen LogP contribution in [0.5, 0.6) is 11.5 Å². The molecular formula is C23H23N3O4. The molecule has 2 aliphatic rings. The minimum atomic E-state index is -0.102. The molecule has 1 atom stereocenters. The van der Waals surface area contributed by atoms with Crippen LogP contribution in [0.25, 0.3) is 11.3 Å². The molecule has 30 heavy (non-hydrogen) atoms. The second-order valence-corrected chi connectivity index (χ2v) is 7.54. The monoisotopic (exact) mass is 405 g/mol. The van der Waals surface area contributed by atoms with Crippen molar-refractivity contribution in [3.63, 3.8) is 0 Å². The van der Waals surface area contributed by atoms with Gasteiger partial charge < -0.3 is 24.2 Å². The van der Waals surface area contributed by atoms with Crippen LogP contribution in [-0.2, 0) is 0 Å². The third-order valence-corrected chi connectivity index (χ3v) is 5.41. The van der Waals surface area contributed by atoms with Crippen molar-refractivity contribution in [3.8, 4) is 22.8 Å². The molecule has 0 spiro atoms. The van der Waals surface area contributed by atoms with Crippen LogP contribution in [0.3, 0.4) is 0 Å². The van der Waals surface area contributed by atoms with Gasteiger partial charge in [0.25, 0.3) is 5.91 Å². The number of hydrogen-bond donors (Lipinski definition) is 1. The van der Waals surface area contributed by atoms with Crippen molar-refractivity contribution in [2.45, 2.75) is 18.9 Å². The van der Waals surface area contributed by atoms with Gasteiger partial charge in [0.1, 0.15) is 13.2 Å². The van der Waals surface area contributed by atoms with E-state index in [-0.39, 0.29) is 11.9 Å². The van der Waals surface area contributed by atoms with Gasteiger partial charge in [-0.25, -0.2) is 0 Å². The number of rotatable bonds is 4. The quantitative estimate of drug-likeness (QED) is 0.711. The summed E-state index contributed by atoms with van der Waals surface area (Å²) in [6.45, 7) is 2.46. The number of aromatic nitrogens is 1. The lowest BCUT2D eigenvalue weighted by molar-refractivity contribution is 0.0704. The zero-order chi connectivity index (χ0) is 20.3. The fraction of sp³-hybridized carbons (Fsp3) is 0.304. The van der Waals surface area contributed by atoms with E-state index in [2.05, 4.69) is 10.5 Å². The number of carbonyl (C=O) groups is 1. The average molecular weight is 405 g/mol. The molecule has 2 aromatic carbocycles. The summed E-state index contributed by atoms with van der Waals surface area (Å²) in [6.07, 6.45) is 1.92. The highest BCUT2D eigenvalue weighted by Gasteiger charge is 2.27. The fourth-order valence-electron chi connectivity index (χ4n) is 3.92. The number of anilines is 1. The van der Waals surface area contributed by atoms with Crippen molar-refractivity contribution in [2.75, 3.05) is 31.6 Å². The van der Waals surface area contributed by atoms with Crippen molar-refractivity contribution < 1.29 is 18.8 Å². The molecule has 1 aromatic heterocycles. The van der Waals surface area contributed by atoms with Gasteiger partial charge in [0.2, 0.25) is 0 Å². The number of amides is 1. The van der Waals surface area contributed by atoms with Gasteiger partial charge in [-0.05, 0) is 25.0 Å². The molecule has 154 valence electrons. The Morgan fingerprint density at radius 2 is 1.87 bits per heavy atom. The highest BCUT2D eigenvalue weighted by Crippen LogP contribution is 2.33. The molecule has 3 heterocycles. The summed E-state index contributed by atoms with van der Waals surface area (Å²) in [6, 6.07) is 17.4. The van der Waals surface area contributed by atoms with E-state index >= 15 is 0 Å². The lowest BCUT2D eigenvalue weighted by atomic mass is 10.0. The molecule has 1 N–H and O–H groups in total. The molecule has 5 rings (SSSR count). The van der Waals surface area contributed by atoms with Gasteiger partial charge in [-0.15, -0.1) is 0 Å². The Hall–Kier alpha value is -3.48. The van der Waals surface area contributed by atoms with Gasteiger partial charge in [-0.1, -0.05) is 35.5 Å². The molecule has 1 saturated heterocycles. The van der Waals surface area contributed by atoms with Crippen molar-refractivity contribution >= 4 is 11.6 Å². The molecule has 1 amide bonds. The Bertz CT molecular complexity index is 1030. The summed E-state index contributed by atoms with van der Waals surface area (Å²) in [4.78, 5) is 14.8. The van der Waals surface area contributed by atoms with Crippen LogP contribution in [0.4, 0.5) is 5.69 Å². The molecule has 3 aromatic rings. The van der Waals surface area contributed by atoms with Crippen molar-refractivity contribution in [1.29, 1.82) is 0 Å². The molecule has 2 aliphatic heterocycles. The Morgan fingerprint density at radius 1 is 1.03 bits per heavy atom. The number of nitrogens with one attached hydrogen (secondary N) is 1. The maximum atomic E-state index is 13.0. The Balaban J connectivity index is 1.25. The summed E-state index contributed by atoms with van der Waals surface area (Å²) in [5.41, 5.74) is 2.21. The molecule has 0 saturated carbocycles. The number of carbonyl (C=O) groups excluding carboxylic acids is 1. The van der Waals surface area contributed by atoms with E-state index in [0.29, 0.717) is 37.8 Å². The van der Waals surface area contributed by atoms with Crippen LogP contribution in [0, 0.1) is 0 Å². The van der Waals surface area contributed by atoms with Gasteiger partial charge in [-0.2, -0.15) is 0 Å². The third kappa shape index (κ3) is 3.83. The van der Waals surface area contributed by atoms with Gasteiger partial charge in [0, 0.05) is 42.5 Å². The van der Waals surface area contributed by atoms with Crippen LogP contribution in [0.1, 0.15) is 23.3 Å². The third-order valence-electron chi connectivity index (χ3n) is 5.41. The number of hydrogen-bond acceptors (Lipinski definition) is 6. The maximum absolute atomic E-state index is 13.0. The summed E-state index contributed by atoms with van der Waals surface area (Å²) < 4.78 is 16.6. The molecule has 0 radical (unpaired) electrons.